The summed E-state index contributed by atoms with van der Waals surface area (Å²) in [6.07, 6.45) is -2.17. The van der Waals surface area contributed by atoms with E-state index >= 15 is 0 Å². The van der Waals surface area contributed by atoms with Crippen molar-refractivity contribution in [2.24, 2.45) is 0 Å². The third-order valence-electron chi connectivity index (χ3n) is 3.81. The van der Waals surface area contributed by atoms with E-state index in [1.54, 1.807) is 0 Å². The molecule has 10 heteroatoms. The van der Waals surface area contributed by atoms with Crippen LogP contribution < -0.4 is 21.1 Å². The Hall–Kier alpha value is -2.49. The maximum absolute atomic E-state index is 12.1. The Labute approximate surface area is 151 Å². The number of fused-ring (bicyclic) bond motifs is 1. The number of benzene rings is 1. The Morgan fingerprint density at radius 2 is 2.08 bits per heavy atom. The van der Waals surface area contributed by atoms with Crippen molar-refractivity contribution in [3.05, 3.63) is 34.8 Å². The molecule has 4 N–H and O–H groups in total. The number of thiazole rings is 1. The molecule has 1 aliphatic carbocycles. The summed E-state index contributed by atoms with van der Waals surface area (Å²) < 4.78 is 40.9. The monoisotopic (exact) mass is 386 g/mol. The van der Waals surface area contributed by atoms with Crippen molar-refractivity contribution in [2.75, 3.05) is 17.7 Å². The van der Waals surface area contributed by atoms with Crippen LogP contribution in [0.25, 0.3) is 0 Å². The van der Waals surface area contributed by atoms with E-state index < -0.39 is 12.8 Å². The lowest BCUT2D eigenvalue weighted by molar-refractivity contribution is -0.153. The lowest BCUT2D eigenvalue weighted by Crippen LogP contribution is -2.41. The molecule has 2 amide bonds. The first-order valence-electron chi connectivity index (χ1n) is 7.90. The SMILES string of the molecule is Nc1nc2c(s1)CC(NC(=O)Nc1ccc(OCC(F)(F)F)cc1)CC2. The summed E-state index contributed by atoms with van der Waals surface area (Å²) in [5, 5.41) is 6.07. The highest BCUT2D eigenvalue weighted by Gasteiger charge is 2.28. The van der Waals surface area contributed by atoms with Crippen LogP contribution in [0, 0.1) is 0 Å². The zero-order chi connectivity index (χ0) is 18.7. The number of aromatic nitrogens is 1. The van der Waals surface area contributed by atoms with Gasteiger partial charge < -0.3 is 21.1 Å². The lowest BCUT2D eigenvalue weighted by Gasteiger charge is -2.22. The molecule has 3 rings (SSSR count). The number of hydrogen-bond donors (Lipinski definition) is 3. The summed E-state index contributed by atoms with van der Waals surface area (Å²) in [4.78, 5) is 17.4. The van der Waals surface area contributed by atoms with Gasteiger partial charge in [-0.1, -0.05) is 0 Å². The molecule has 1 aromatic heterocycles. The summed E-state index contributed by atoms with van der Waals surface area (Å²) in [5.41, 5.74) is 7.16. The Kier molecular flexibility index (Phi) is 5.21. The second-order valence-electron chi connectivity index (χ2n) is 5.89. The van der Waals surface area contributed by atoms with Crippen molar-refractivity contribution in [3.63, 3.8) is 0 Å². The average Bonchev–Trinajstić information content (AvgIpc) is 2.92. The molecule has 0 saturated carbocycles. The van der Waals surface area contributed by atoms with E-state index in [0.29, 0.717) is 17.2 Å². The third kappa shape index (κ3) is 5.01. The molecule has 0 fully saturated rings. The number of halogens is 3. The van der Waals surface area contributed by atoms with Crippen LogP contribution in [-0.2, 0) is 12.8 Å². The number of nitrogens with two attached hydrogens (primary N) is 1. The lowest BCUT2D eigenvalue weighted by atomic mass is 9.98. The van der Waals surface area contributed by atoms with Gasteiger partial charge in [0.2, 0.25) is 0 Å². The highest BCUT2D eigenvalue weighted by molar-refractivity contribution is 7.15. The second kappa shape index (κ2) is 7.40. The van der Waals surface area contributed by atoms with Gasteiger partial charge in [0.05, 0.1) is 5.69 Å². The number of ether oxygens (including phenoxy) is 1. The van der Waals surface area contributed by atoms with Crippen molar-refractivity contribution in [3.8, 4) is 5.75 Å². The van der Waals surface area contributed by atoms with E-state index in [1.807, 2.05) is 0 Å². The van der Waals surface area contributed by atoms with Crippen molar-refractivity contribution in [2.45, 2.75) is 31.5 Å². The molecule has 140 valence electrons. The molecular formula is C16H17F3N4O2S. The normalized spacial score (nSPS) is 16.7. The molecule has 0 bridgehead atoms. The van der Waals surface area contributed by atoms with Crippen LogP contribution >= 0.6 is 11.3 Å². The Bertz CT molecular complexity index is 777. The van der Waals surface area contributed by atoms with Crippen LogP contribution in [0.4, 0.5) is 28.8 Å². The minimum atomic E-state index is -4.39. The number of carbonyl (C=O) groups excluding carboxylic acids is 1. The smallest absolute Gasteiger partial charge is 0.422 e. The van der Waals surface area contributed by atoms with E-state index in [2.05, 4.69) is 20.4 Å². The van der Waals surface area contributed by atoms with E-state index in [1.165, 1.54) is 35.6 Å². The topological polar surface area (TPSA) is 89.3 Å². The molecule has 26 heavy (non-hydrogen) atoms. The largest absolute Gasteiger partial charge is 0.484 e. The average molecular weight is 386 g/mol. The van der Waals surface area contributed by atoms with Crippen molar-refractivity contribution in [1.29, 1.82) is 0 Å². The van der Waals surface area contributed by atoms with Gasteiger partial charge in [-0.2, -0.15) is 13.2 Å². The molecule has 0 spiro atoms. The number of aryl methyl sites for hydroxylation is 1. The first kappa shape index (κ1) is 18.3. The zero-order valence-electron chi connectivity index (χ0n) is 13.6. The fourth-order valence-corrected chi connectivity index (χ4v) is 3.63. The predicted octanol–water partition coefficient (Wildman–Crippen LogP) is 3.35. The zero-order valence-corrected chi connectivity index (χ0v) is 14.4. The molecule has 1 aromatic carbocycles. The first-order valence-corrected chi connectivity index (χ1v) is 8.71. The highest BCUT2D eigenvalue weighted by atomic mass is 32.1. The molecule has 1 heterocycles. The maximum Gasteiger partial charge on any atom is 0.422 e. The Morgan fingerprint density at radius 1 is 1.35 bits per heavy atom. The summed E-state index contributed by atoms with van der Waals surface area (Å²) in [7, 11) is 0. The number of hydrogen-bond acceptors (Lipinski definition) is 5. The molecule has 1 unspecified atom stereocenters. The number of urea groups is 1. The van der Waals surface area contributed by atoms with Gasteiger partial charge in [0.25, 0.3) is 0 Å². The Morgan fingerprint density at radius 3 is 2.77 bits per heavy atom. The molecule has 0 aliphatic heterocycles. The number of carbonyl (C=O) groups is 1. The van der Waals surface area contributed by atoms with Crippen LogP contribution in [0.5, 0.6) is 5.75 Å². The van der Waals surface area contributed by atoms with Crippen molar-refractivity contribution < 1.29 is 22.7 Å². The number of nitrogens with zero attached hydrogens (tertiary/aromatic N) is 1. The standard InChI is InChI=1S/C16H17F3N4O2S/c17-16(18,19)8-25-11-4-1-9(2-5-11)21-15(24)22-10-3-6-12-13(7-10)26-14(20)23-12/h1-2,4-5,10H,3,6-8H2,(H2,20,23)(H2,21,22,24). The number of nitrogens with one attached hydrogen (secondary N) is 2. The number of amides is 2. The van der Waals surface area contributed by atoms with Gasteiger partial charge in [-0.3, -0.25) is 0 Å². The third-order valence-corrected chi connectivity index (χ3v) is 4.76. The van der Waals surface area contributed by atoms with Gasteiger partial charge in [-0.05, 0) is 37.1 Å². The minimum absolute atomic E-state index is 0.0169. The van der Waals surface area contributed by atoms with E-state index in [4.69, 9.17) is 5.73 Å². The van der Waals surface area contributed by atoms with Crippen LogP contribution in [0.3, 0.4) is 0 Å². The van der Waals surface area contributed by atoms with Crippen LogP contribution in [0.2, 0.25) is 0 Å². The highest BCUT2D eigenvalue weighted by Crippen LogP contribution is 2.28. The molecule has 6 nitrogen and oxygen atoms in total. The number of anilines is 2. The first-order chi connectivity index (χ1) is 12.3. The number of nitrogen functional groups attached to an aromatic ring is 1. The van der Waals surface area contributed by atoms with Crippen LogP contribution in [0.1, 0.15) is 17.0 Å². The second-order valence-corrected chi connectivity index (χ2v) is 7.00. The summed E-state index contributed by atoms with van der Waals surface area (Å²) in [6.45, 7) is -1.36. The fourth-order valence-electron chi connectivity index (χ4n) is 2.67. The van der Waals surface area contributed by atoms with E-state index in [0.717, 1.165) is 23.4 Å². The molecule has 2 aromatic rings. The van der Waals surface area contributed by atoms with Gasteiger partial charge in [-0.15, -0.1) is 11.3 Å². The van der Waals surface area contributed by atoms with Crippen LogP contribution in [0.15, 0.2) is 24.3 Å². The van der Waals surface area contributed by atoms with Gasteiger partial charge in [0.15, 0.2) is 11.7 Å². The number of rotatable bonds is 4. The molecule has 0 saturated heterocycles. The van der Waals surface area contributed by atoms with Gasteiger partial charge in [0.1, 0.15) is 5.75 Å². The minimum Gasteiger partial charge on any atom is -0.484 e. The summed E-state index contributed by atoms with van der Waals surface area (Å²) >= 11 is 1.43. The summed E-state index contributed by atoms with van der Waals surface area (Å²) in [5.74, 6) is 0.0795. The molecule has 1 atom stereocenters. The van der Waals surface area contributed by atoms with E-state index in [9.17, 15) is 18.0 Å². The van der Waals surface area contributed by atoms with E-state index in [-0.39, 0.29) is 17.8 Å². The number of alkyl halides is 3. The quantitative estimate of drug-likeness (QED) is 0.752. The van der Waals surface area contributed by atoms with Gasteiger partial charge in [-0.25, -0.2) is 9.78 Å². The summed E-state index contributed by atoms with van der Waals surface area (Å²) in [6, 6.07) is 5.31. The van der Waals surface area contributed by atoms with Crippen LogP contribution in [-0.4, -0.2) is 29.8 Å². The Balaban J connectivity index is 1.49. The fraction of sp³-hybridized carbons (Fsp3) is 0.375. The van der Waals surface area contributed by atoms with Crippen molar-refractivity contribution >= 4 is 28.2 Å². The maximum atomic E-state index is 12.1. The van der Waals surface area contributed by atoms with Crippen molar-refractivity contribution in [1.82, 2.24) is 10.3 Å². The molecule has 1 aliphatic rings. The molecule has 0 radical (unpaired) electrons. The molecular weight excluding hydrogens is 369 g/mol. The predicted molar refractivity (Wildman–Crippen MR) is 92.5 cm³/mol. The van der Waals surface area contributed by atoms with Gasteiger partial charge in [0, 0.05) is 23.0 Å². The van der Waals surface area contributed by atoms with Gasteiger partial charge >= 0.3 is 12.2 Å².